The summed E-state index contributed by atoms with van der Waals surface area (Å²) in [7, 11) is 0. The molecule has 18 heavy (non-hydrogen) atoms. The number of H-pyrrole nitrogens is 1. The van der Waals surface area contributed by atoms with Gasteiger partial charge in [-0.2, -0.15) is 5.26 Å². The predicted octanol–water partition coefficient (Wildman–Crippen LogP) is 1.58. The van der Waals surface area contributed by atoms with Crippen LogP contribution in [0.1, 0.15) is 11.4 Å². The fourth-order valence-electron chi connectivity index (χ4n) is 2.31. The zero-order chi connectivity index (χ0) is 12.5. The molecule has 1 aromatic carbocycles. The Hall–Kier alpha value is -2.06. The Labute approximate surface area is 105 Å². The van der Waals surface area contributed by atoms with Crippen LogP contribution in [0, 0.1) is 18.3 Å². The molecule has 0 aliphatic carbocycles. The summed E-state index contributed by atoms with van der Waals surface area (Å²) < 4.78 is 5.34. The van der Waals surface area contributed by atoms with E-state index in [9.17, 15) is 5.26 Å². The Morgan fingerprint density at radius 3 is 2.89 bits per heavy atom. The van der Waals surface area contributed by atoms with E-state index in [-0.39, 0.29) is 0 Å². The molecule has 1 saturated heterocycles. The first-order valence-corrected chi connectivity index (χ1v) is 6.01. The van der Waals surface area contributed by atoms with E-state index in [2.05, 4.69) is 27.0 Å². The molecule has 1 fully saturated rings. The Balaban J connectivity index is 2.10. The number of morpholine rings is 1. The number of aromatic nitrogens is 2. The van der Waals surface area contributed by atoms with Crippen molar-refractivity contribution in [2.75, 3.05) is 31.2 Å². The summed E-state index contributed by atoms with van der Waals surface area (Å²) in [6.07, 6.45) is 0. The number of hydrogen-bond acceptors (Lipinski definition) is 4. The van der Waals surface area contributed by atoms with E-state index in [1.54, 1.807) is 0 Å². The molecule has 0 saturated carbocycles. The zero-order valence-electron chi connectivity index (χ0n) is 10.2. The molecule has 1 aliphatic rings. The van der Waals surface area contributed by atoms with E-state index in [4.69, 9.17) is 4.74 Å². The Morgan fingerprint density at radius 2 is 2.17 bits per heavy atom. The van der Waals surface area contributed by atoms with E-state index in [1.165, 1.54) is 0 Å². The average molecular weight is 242 g/mol. The number of nitrogens with zero attached hydrogens (tertiary/aromatic N) is 3. The molecule has 0 unspecified atom stereocenters. The third-order valence-electron chi connectivity index (χ3n) is 3.19. The number of fused-ring (bicyclic) bond motifs is 1. The van der Waals surface area contributed by atoms with Gasteiger partial charge in [0.05, 0.1) is 24.3 Å². The molecule has 92 valence electrons. The van der Waals surface area contributed by atoms with E-state index in [0.29, 0.717) is 5.56 Å². The van der Waals surface area contributed by atoms with Gasteiger partial charge in [-0.25, -0.2) is 4.98 Å². The van der Waals surface area contributed by atoms with Gasteiger partial charge in [-0.3, -0.25) is 0 Å². The second-order valence-electron chi connectivity index (χ2n) is 4.42. The van der Waals surface area contributed by atoms with Gasteiger partial charge in [-0.1, -0.05) is 0 Å². The molecule has 2 aromatic rings. The van der Waals surface area contributed by atoms with Gasteiger partial charge in [0.25, 0.3) is 0 Å². The number of aryl methyl sites for hydroxylation is 1. The number of ether oxygens (including phenoxy) is 1. The van der Waals surface area contributed by atoms with Gasteiger partial charge in [-0.15, -0.1) is 0 Å². The van der Waals surface area contributed by atoms with Gasteiger partial charge < -0.3 is 14.6 Å². The monoisotopic (exact) mass is 242 g/mol. The van der Waals surface area contributed by atoms with Crippen LogP contribution in [-0.4, -0.2) is 36.3 Å². The van der Waals surface area contributed by atoms with Crippen LogP contribution in [0.4, 0.5) is 5.69 Å². The van der Waals surface area contributed by atoms with Crippen molar-refractivity contribution in [1.82, 2.24) is 9.97 Å². The fraction of sp³-hybridized carbons (Fsp3) is 0.385. The van der Waals surface area contributed by atoms with E-state index < -0.39 is 0 Å². The molecule has 0 bridgehead atoms. The second kappa shape index (κ2) is 4.31. The number of imidazole rings is 1. The number of hydrogen-bond donors (Lipinski definition) is 1. The zero-order valence-corrected chi connectivity index (χ0v) is 10.2. The van der Waals surface area contributed by atoms with Crippen LogP contribution in [0.5, 0.6) is 0 Å². The first kappa shape index (κ1) is 11.1. The normalized spacial score (nSPS) is 15.9. The minimum atomic E-state index is 0.623. The summed E-state index contributed by atoms with van der Waals surface area (Å²) in [6.45, 7) is 5.10. The van der Waals surface area contributed by atoms with Crippen molar-refractivity contribution in [3.63, 3.8) is 0 Å². The Kier molecular flexibility index (Phi) is 2.65. The minimum Gasteiger partial charge on any atom is -0.378 e. The largest absolute Gasteiger partial charge is 0.378 e. The van der Waals surface area contributed by atoms with Crippen LogP contribution in [0.2, 0.25) is 0 Å². The van der Waals surface area contributed by atoms with Gasteiger partial charge >= 0.3 is 0 Å². The maximum Gasteiger partial charge on any atom is 0.106 e. The smallest absolute Gasteiger partial charge is 0.106 e. The van der Waals surface area contributed by atoms with Crippen molar-refractivity contribution in [2.45, 2.75) is 6.92 Å². The molecular weight excluding hydrogens is 228 g/mol. The lowest BCUT2D eigenvalue weighted by Crippen LogP contribution is -2.36. The summed E-state index contributed by atoms with van der Waals surface area (Å²) in [4.78, 5) is 9.78. The highest BCUT2D eigenvalue weighted by atomic mass is 16.5. The molecule has 1 N–H and O–H groups in total. The van der Waals surface area contributed by atoms with Gasteiger partial charge in [0.15, 0.2) is 0 Å². The second-order valence-corrected chi connectivity index (χ2v) is 4.42. The number of benzene rings is 1. The van der Waals surface area contributed by atoms with Crippen molar-refractivity contribution in [3.05, 3.63) is 23.5 Å². The molecule has 5 heteroatoms. The lowest BCUT2D eigenvalue weighted by molar-refractivity contribution is 0.122. The minimum absolute atomic E-state index is 0.623. The maximum absolute atomic E-state index is 9.22. The van der Waals surface area contributed by atoms with Crippen LogP contribution in [-0.2, 0) is 4.74 Å². The van der Waals surface area contributed by atoms with Crippen LogP contribution in [0.15, 0.2) is 12.1 Å². The number of nitriles is 1. The molecule has 0 spiro atoms. The number of aromatic amines is 1. The van der Waals surface area contributed by atoms with E-state index in [1.807, 2.05) is 13.0 Å². The van der Waals surface area contributed by atoms with Crippen LogP contribution in [0.25, 0.3) is 11.0 Å². The maximum atomic E-state index is 9.22. The lowest BCUT2D eigenvalue weighted by Gasteiger charge is -2.28. The summed E-state index contributed by atoms with van der Waals surface area (Å²) in [5, 5.41) is 9.22. The molecule has 0 amide bonds. The van der Waals surface area contributed by atoms with Crippen LogP contribution >= 0.6 is 0 Å². The molecule has 1 aromatic heterocycles. The molecule has 5 nitrogen and oxygen atoms in total. The van der Waals surface area contributed by atoms with Crippen molar-refractivity contribution < 1.29 is 4.74 Å². The van der Waals surface area contributed by atoms with Gasteiger partial charge in [0.2, 0.25) is 0 Å². The Morgan fingerprint density at radius 1 is 1.39 bits per heavy atom. The molecule has 1 aliphatic heterocycles. The number of anilines is 1. The van der Waals surface area contributed by atoms with E-state index in [0.717, 1.165) is 48.8 Å². The molecule has 3 rings (SSSR count). The molecule has 0 atom stereocenters. The topological polar surface area (TPSA) is 64.9 Å². The van der Waals surface area contributed by atoms with E-state index >= 15 is 0 Å². The van der Waals surface area contributed by atoms with Crippen LogP contribution in [0.3, 0.4) is 0 Å². The number of rotatable bonds is 1. The summed E-state index contributed by atoms with van der Waals surface area (Å²) >= 11 is 0. The SMILES string of the molecule is Cc1nc2c(C#N)cc(N3CCOCC3)cc2[nH]1. The first-order chi connectivity index (χ1) is 8.78. The highest BCUT2D eigenvalue weighted by Crippen LogP contribution is 2.25. The van der Waals surface area contributed by atoms with Gasteiger partial charge in [0.1, 0.15) is 17.4 Å². The van der Waals surface area contributed by atoms with Crippen molar-refractivity contribution in [2.24, 2.45) is 0 Å². The average Bonchev–Trinajstić information content (AvgIpc) is 2.78. The standard InChI is InChI=1S/C13H14N4O/c1-9-15-12-7-11(17-2-4-18-5-3-17)6-10(8-14)13(12)16-9/h6-7H,2-5H2,1H3,(H,15,16). The highest BCUT2D eigenvalue weighted by Gasteiger charge is 2.15. The third-order valence-corrected chi connectivity index (χ3v) is 3.19. The van der Waals surface area contributed by atoms with Crippen molar-refractivity contribution in [1.29, 1.82) is 5.26 Å². The molecule has 0 radical (unpaired) electrons. The highest BCUT2D eigenvalue weighted by molar-refractivity contribution is 5.85. The van der Waals surface area contributed by atoms with Gasteiger partial charge in [0, 0.05) is 18.8 Å². The summed E-state index contributed by atoms with van der Waals surface area (Å²) in [5.41, 5.74) is 3.37. The van der Waals surface area contributed by atoms with Gasteiger partial charge in [-0.05, 0) is 19.1 Å². The molecular formula is C13H14N4O. The summed E-state index contributed by atoms with van der Waals surface area (Å²) in [5.74, 6) is 0.834. The fourth-order valence-corrected chi connectivity index (χ4v) is 2.31. The Bertz CT molecular complexity index is 620. The predicted molar refractivity (Wildman–Crippen MR) is 68.6 cm³/mol. The van der Waals surface area contributed by atoms with Crippen LogP contribution < -0.4 is 4.90 Å². The third kappa shape index (κ3) is 1.81. The lowest BCUT2D eigenvalue weighted by atomic mass is 10.1. The molecule has 2 heterocycles. The summed E-state index contributed by atoms with van der Waals surface area (Å²) in [6, 6.07) is 6.19. The quantitative estimate of drug-likeness (QED) is 0.824. The van der Waals surface area contributed by atoms with Crippen molar-refractivity contribution in [3.8, 4) is 6.07 Å². The first-order valence-electron chi connectivity index (χ1n) is 6.01. The van der Waals surface area contributed by atoms with Crippen molar-refractivity contribution >= 4 is 16.7 Å². The number of nitrogens with one attached hydrogen (secondary N) is 1.